The maximum absolute atomic E-state index is 5.57. The van der Waals surface area contributed by atoms with Gasteiger partial charge in [0, 0.05) is 37.8 Å². The summed E-state index contributed by atoms with van der Waals surface area (Å²) in [6.07, 6.45) is 2.71. The zero-order chi connectivity index (χ0) is 15.4. The fourth-order valence-electron chi connectivity index (χ4n) is 3.68. The van der Waals surface area contributed by atoms with Crippen LogP contribution in [0.4, 0.5) is 0 Å². The second-order valence-corrected chi connectivity index (χ2v) is 6.53. The molecular weight excluding hydrogens is 276 g/mol. The molecule has 122 valence electrons. The molecule has 3 aliphatic rings. The van der Waals surface area contributed by atoms with Crippen LogP contribution < -0.4 is 10.1 Å². The lowest BCUT2D eigenvalue weighted by Gasteiger charge is -2.23. The number of rotatable bonds is 6. The molecule has 0 aromatic heterocycles. The van der Waals surface area contributed by atoms with Crippen LogP contribution in [-0.2, 0) is 17.9 Å². The number of methoxy groups -OCH3 is 1. The molecule has 3 saturated heterocycles. The van der Waals surface area contributed by atoms with Crippen LogP contribution in [0.2, 0.25) is 0 Å². The molecule has 2 atom stereocenters. The number of nitrogens with zero attached hydrogens (tertiary/aromatic N) is 1. The maximum Gasteiger partial charge on any atom is 0.124 e. The van der Waals surface area contributed by atoms with E-state index >= 15 is 0 Å². The number of benzene rings is 1. The van der Waals surface area contributed by atoms with Gasteiger partial charge < -0.3 is 14.8 Å². The normalized spacial score (nSPS) is 25.2. The lowest BCUT2D eigenvalue weighted by Crippen LogP contribution is -2.39. The minimum atomic E-state index is 0.625. The molecule has 3 fully saturated rings. The van der Waals surface area contributed by atoms with Crippen molar-refractivity contribution < 1.29 is 9.47 Å². The zero-order valence-corrected chi connectivity index (χ0v) is 13.8. The predicted molar refractivity (Wildman–Crippen MR) is 88.1 cm³/mol. The van der Waals surface area contributed by atoms with Gasteiger partial charge in [-0.3, -0.25) is 4.90 Å². The molecular formula is C18H28N2O2. The minimum Gasteiger partial charge on any atom is -0.496 e. The van der Waals surface area contributed by atoms with Crippen molar-refractivity contribution in [1.29, 1.82) is 0 Å². The number of hydrogen-bond acceptors (Lipinski definition) is 4. The van der Waals surface area contributed by atoms with E-state index in [0.29, 0.717) is 12.6 Å². The van der Waals surface area contributed by atoms with Crippen LogP contribution in [0.5, 0.6) is 5.75 Å². The van der Waals surface area contributed by atoms with E-state index in [0.717, 1.165) is 30.4 Å². The van der Waals surface area contributed by atoms with Crippen molar-refractivity contribution in [1.82, 2.24) is 10.2 Å². The van der Waals surface area contributed by atoms with Crippen molar-refractivity contribution in [2.24, 2.45) is 5.92 Å². The summed E-state index contributed by atoms with van der Waals surface area (Å²) in [6.45, 7) is 7.99. The highest BCUT2D eigenvalue weighted by Crippen LogP contribution is 2.25. The maximum atomic E-state index is 5.57. The molecule has 4 heteroatoms. The van der Waals surface area contributed by atoms with E-state index in [-0.39, 0.29) is 0 Å². The summed E-state index contributed by atoms with van der Waals surface area (Å²) < 4.78 is 11.0. The number of fused-ring (bicyclic) bond motifs is 4. The Morgan fingerprint density at radius 1 is 1.27 bits per heavy atom. The summed E-state index contributed by atoms with van der Waals surface area (Å²) in [5.41, 5.74) is 2.51. The summed E-state index contributed by atoms with van der Waals surface area (Å²) >= 11 is 0. The smallest absolute Gasteiger partial charge is 0.124 e. The zero-order valence-electron chi connectivity index (χ0n) is 13.8. The van der Waals surface area contributed by atoms with E-state index in [1.54, 1.807) is 7.11 Å². The molecule has 4 rings (SSSR count). The van der Waals surface area contributed by atoms with E-state index in [4.69, 9.17) is 9.47 Å². The standard InChI is InChI=1S/C18H28N2O2/c1-3-22-13-16-8-14(5-7-18(16)21-2)10-20-11-15-4-6-17(12-20)19-9-15/h5,7-8,15,17,19H,3-4,6,9-13H2,1-2H3/t15-,17-/m0/s1. The highest BCUT2D eigenvalue weighted by molar-refractivity contribution is 5.37. The van der Waals surface area contributed by atoms with E-state index in [2.05, 4.69) is 28.4 Å². The third-order valence-electron chi connectivity index (χ3n) is 4.83. The molecule has 22 heavy (non-hydrogen) atoms. The largest absolute Gasteiger partial charge is 0.496 e. The summed E-state index contributed by atoms with van der Waals surface area (Å²) in [7, 11) is 1.72. The number of ether oxygens (including phenoxy) is 2. The minimum absolute atomic E-state index is 0.625. The van der Waals surface area contributed by atoms with Crippen LogP contribution in [-0.4, -0.2) is 44.3 Å². The molecule has 0 spiro atoms. The molecule has 4 nitrogen and oxygen atoms in total. The Kier molecular flexibility index (Phi) is 5.34. The van der Waals surface area contributed by atoms with Crippen molar-refractivity contribution in [2.75, 3.05) is 33.4 Å². The first kappa shape index (κ1) is 15.8. The quantitative estimate of drug-likeness (QED) is 0.875. The highest BCUT2D eigenvalue weighted by Gasteiger charge is 2.28. The summed E-state index contributed by atoms with van der Waals surface area (Å²) in [4.78, 5) is 2.61. The lowest BCUT2D eigenvalue weighted by molar-refractivity contribution is 0.132. The molecule has 1 aromatic rings. The van der Waals surface area contributed by atoms with Gasteiger partial charge in [-0.1, -0.05) is 6.07 Å². The van der Waals surface area contributed by atoms with Crippen LogP contribution in [0, 0.1) is 5.92 Å². The van der Waals surface area contributed by atoms with E-state index in [1.165, 1.54) is 38.0 Å². The number of nitrogens with one attached hydrogen (secondary N) is 1. The molecule has 1 aromatic carbocycles. The summed E-state index contributed by atoms with van der Waals surface area (Å²) in [5, 5.41) is 3.67. The Labute approximate surface area is 133 Å². The molecule has 3 heterocycles. The molecule has 0 aliphatic carbocycles. The lowest BCUT2D eigenvalue weighted by atomic mass is 9.97. The first-order chi connectivity index (χ1) is 10.8. The van der Waals surface area contributed by atoms with Crippen molar-refractivity contribution in [3.63, 3.8) is 0 Å². The predicted octanol–water partition coefficient (Wildman–Crippen LogP) is 2.42. The van der Waals surface area contributed by atoms with Gasteiger partial charge in [-0.15, -0.1) is 0 Å². The molecule has 0 saturated carbocycles. The van der Waals surface area contributed by atoms with Crippen LogP contribution in [0.15, 0.2) is 18.2 Å². The topological polar surface area (TPSA) is 33.7 Å². The van der Waals surface area contributed by atoms with E-state index in [1.807, 2.05) is 6.92 Å². The van der Waals surface area contributed by atoms with Gasteiger partial charge in [-0.25, -0.2) is 0 Å². The third kappa shape index (κ3) is 3.80. The summed E-state index contributed by atoms with van der Waals surface area (Å²) in [6, 6.07) is 7.19. The first-order valence-corrected chi connectivity index (χ1v) is 8.47. The second kappa shape index (κ2) is 7.44. The summed E-state index contributed by atoms with van der Waals surface area (Å²) in [5.74, 6) is 1.75. The van der Waals surface area contributed by atoms with Crippen LogP contribution >= 0.6 is 0 Å². The van der Waals surface area contributed by atoms with Crippen LogP contribution in [0.3, 0.4) is 0 Å². The van der Waals surface area contributed by atoms with Gasteiger partial charge >= 0.3 is 0 Å². The molecule has 0 radical (unpaired) electrons. The Balaban J connectivity index is 1.69. The third-order valence-corrected chi connectivity index (χ3v) is 4.83. The average Bonchev–Trinajstić information content (AvgIpc) is 2.85. The van der Waals surface area contributed by atoms with Crippen molar-refractivity contribution in [3.05, 3.63) is 29.3 Å². The van der Waals surface area contributed by atoms with Gasteiger partial charge in [0.25, 0.3) is 0 Å². The van der Waals surface area contributed by atoms with Crippen LogP contribution in [0.25, 0.3) is 0 Å². The van der Waals surface area contributed by atoms with Crippen molar-refractivity contribution >= 4 is 0 Å². The molecule has 3 aliphatic heterocycles. The highest BCUT2D eigenvalue weighted by atomic mass is 16.5. The molecule has 0 amide bonds. The van der Waals surface area contributed by atoms with Crippen molar-refractivity contribution in [3.8, 4) is 5.75 Å². The average molecular weight is 304 g/mol. The fourth-order valence-corrected chi connectivity index (χ4v) is 3.68. The van der Waals surface area contributed by atoms with Gasteiger partial charge in [0.05, 0.1) is 13.7 Å². The van der Waals surface area contributed by atoms with Gasteiger partial charge in [0.2, 0.25) is 0 Å². The Morgan fingerprint density at radius 3 is 2.91 bits per heavy atom. The van der Waals surface area contributed by atoms with E-state index < -0.39 is 0 Å². The van der Waals surface area contributed by atoms with Gasteiger partial charge in [-0.05, 0) is 49.9 Å². The fraction of sp³-hybridized carbons (Fsp3) is 0.667. The van der Waals surface area contributed by atoms with E-state index in [9.17, 15) is 0 Å². The second-order valence-electron chi connectivity index (χ2n) is 6.53. The monoisotopic (exact) mass is 304 g/mol. The first-order valence-electron chi connectivity index (χ1n) is 8.47. The number of hydrogen-bond donors (Lipinski definition) is 1. The van der Waals surface area contributed by atoms with Gasteiger partial charge in [0.15, 0.2) is 0 Å². The molecule has 0 unspecified atom stereocenters. The van der Waals surface area contributed by atoms with Gasteiger partial charge in [0.1, 0.15) is 5.75 Å². The van der Waals surface area contributed by atoms with Gasteiger partial charge in [-0.2, -0.15) is 0 Å². The Bertz CT molecular complexity index is 470. The molecule has 2 bridgehead atoms. The Hall–Kier alpha value is -1.10. The van der Waals surface area contributed by atoms with Crippen molar-refractivity contribution in [2.45, 2.75) is 39.0 Å². The molecule has 1 N–H and O–H groups in total. The van der Waals surface area contributed by atoms with Crippen LogP contribution in [0.1, 0.15) is 30.9 Å². The Morgan fingerprint density at radius 2 is 2.18 bits per heavy atom. The SMILES string of the molecule is CCOCc1cc(CN2C[C@H]3CC[C@@H](C2)NC3)ccc1OC. The number of piperidine rings is 1.